The molecule has 0 spiro atoms. The zero-order valence-corrected chi connectivity index (χ0v) is 20.5. The number of nitrogens with one attached hydrogen (secondary N) is 2. The van der Waals surface area contributed by atoms with Gasteiger partial charge in [0.15, 0.2) is 0 Å². The van der Waals surface area contributed by atoms with Crippen LogP contribution < -0.4 is 10.2 Å². The predicted octanol–water partition coefficient (Wildman–Crippen LogP) is 3.23. The van der Waals surface area contributed by atoms with E-state index in [1.165, 1.54) is 0 Å². The Morgan fingerprint density at radius 3 is 2.37 bits per heavy atom. The molecule has 5 rings (SSSR count). The Labute approximate surface area is 205 Å². The number of carbonyl (C=O) groups excluding carboxylic acids is 2. The van der Waals surface area contributed by atoms with Gasteiger partial charge in [-0.05, 0) is 50.7 Å². The van der Waals surface area contributed by atoms with E-state index in [9.17, 15) is 9.59 Å². The number of H-pyrrole nitrogens is 1. The summed E-state index contributed by atoms with van der Waals surface area (Å²) in [6.45, 7) is 8.43. The standard InChI is InChI=1S/C27H32N6O2/c1-27(2)24-22(18-33(27)23(34)17-19-7-5-4-6-8-19)25(30-29-24)28-26(35)20-9-11-21(12-10-20)32-15-13-31(3)14-16-32/h4-12H,13-18H2,1-3H3,(H2,28,29,30,35). The predicted molar refractivity (Wildman–Crippen MR) is 136 cm³/mol. The van der Waals surface area contributed by atoms with E-state index >= 15 is 0 Å². The Hall–Kier alpha value is -3.65. The normalized spacial score (nSPS) is 17.3. The Bertz CT molecular complexity index is 1210. The lowest BCUT2D eigenvalue weighted by atomic mass is 10.00. The number of fused-ring (bicyclic) bond motifs is 1. The van der Waals surface area contributed by atoms with Gasteiger partial charge in [0.25, 0.3) is 5.91 Å². The summed E-state index contributed by atoms with van der Waals surface area (Å²) in [4.78, 5) is 32.6. The number of aromatic amines is 1. The van der Waals surface area contributed by atoms with E-state index < -0.39 is 5.54 Å². The van der Waals surface area contributed by atoms with Crippen molar-refractivity contribution in [2.45, 2.75) is 32.4 Å². The topological polar surface area (TPSA) is 84.6 Å². The van der Waals surface area contributed by atoms with Crippen molar-refractivity contribution in [1.82, 2.24) is 20.0 Å². The maximum atomic E-state index is 13.1. The van der Waals surface area contributed by atoms with Crippen molar-refractivity contribution in [3.05, 3.63) is 77.0 Å². The fourth-order valence-electron chi connectivity index (χ4n) is 4.95. The molecule has 35 heavy (non-hydrogen) atoms. The van der Waals surface area contributed by atoms with Crippen LogP contribution in [0.2, 0.25) is 0 Å². The minimum absolute atomic E-state index is 0.0379. The summed E-state index contributed by atoms with van der Waals surface area (Å²) < 4.78 is 0. The summed E-state index contributed by atoms with van der Waals surface area (Å²) in [6, 6.07) is 17.5. The molecule has 2 aromatic carbocycles. The Morgan fingerprint density at radius 2 is 1.69 bits per heavy atom. The van der Waals surface area contributed by atoms with Gasteiger partial charge in [0.05, 0.1) is 24.2 Å². The molecule has 0 saturated carbocycles. The van der Waals surface area contributed by atoms with Crippen LogP contribution in [0.5, 0.6) is 0 Å². The molecule has 2 N–H and O–H groups in total. The number of carbonyl (C=O) groups is 2. The van der Waals surface area contributed by atoms with Crippen molar-refractivity contribution in [3.63, 3.8) is 0 Å². The van der Waals surface area contributed by atoms with Gasteiger partial charge in [0.2, 0.25) is 5.91 Å². The van der Waals surface area contributed by atoms with Gasteiger partial charge in [-0.15, -0.1) is 0 Å². The summed E-state index contributed by atoms with van der Waals surface area (Å²) in [5.74, 6) is 0.389. The Kier molecular flexibility index (Phi) is 6.06. The highest BCUT2D eigenvalue weighted by Crippen LogP contribution is 2.40. The molecular weight excluding hydrogens is 440 g/mol. The van der Waals surface area contributed by atoms with Gasteiger partial charge < -0.3 is 20.0 Å². The number of hydrogen-bond donors (Lipinski definition) is 2. The lowest BCUT2D eigenvalue weighted by molar-refractivity contribution is -0.135. The van der Waals surface area contributed by atoms with E-state index in [0.29, 0.717) is 24.3 Å². The number of nitrogens with zero attached hydrogens (tertiary/aromatic N) is 4. The molecule has 1 aromatic heterocycles. The number of hydrogen-bond acceptors (Lipinski definition) is 5. The fourth-order valence-corrected chi connectivity index (χ4v) is 4.95. The second kappa shape index (κ2) is 9.19. The summed E-state index contributed by atoms with van der Waals surface area (Å²) in [5, 5.41) is 10.4. The third-order valence-corrected chi connectivity index (χ3v) is 7.17. The van der Waals surface area contributed by atoms with Crippen LogP contribution in [-0.4, -0.2) is 65.0 Å². The first-order valence-corrected chi connectivity index (χ1v) is 12.1. The van der Waals surface area contributed by atoms with Crippen molar-refractivity contribution in [2.24, 2.45) is 0 Å². The average Bonchev–Trinajstić information content (AvgIpc) is 3.38. The maximum absolute atomic E-state index is 13.1. The molecule has 0 atom stereocenters. The highest BCUT2D eigenvalue weighted by Gasteiger charge is 2.44. The number of anilines is 2. The summed E-state index contributed by atoms with van der Waals surface area (Å²) in [7, 11) is 2.14. The van der Waals surface area contributed by atoms with E-state index in [0.717, 1.165) is 48.7 Å². The van der Waals surface area contributed by atoms with Crippen LogP contribution in [0.25, 0.3) is 0 Å². The molecule has 8 nitrogen and oxygen atoms in total. The summed E-state index contributed by atoms with van der Waals surface area (Å²) in [6.07, 6.45) is 0.333. The fraction of sp³-hybridized carbons (Fsp3) is 0.370. The second-order valence-electron chi connectivity index (χ2n) is 9.92. The number of rotatable bonds is 5. The minimum atomic E-state index is -0.565. The molecule has 0 radical (unpaired) electrons. The molecule has 1 fully saturated rings. The maximum Gasteiger partial charge on any atom is 0.256 e. The minimum Gasteiger partial charge on any atom is -0.369 e. The molecule has 8 heteroatoms. The van der Waals surface area contributed by atoms with Gasteiger partial charge in [-0.2, -0.15) is 5.10 Å². The molecule has 0 aliphatic carbocycles. The van der Waals surface area contributed by atoms with Gasteiger partial charge in [0.1, 0.15) is 5.82 Å². The summed E-state index contributed by atoms with van der Waals surface area (Å²) in [5.41, 5.74) is 3.78. The van der Waals surface area contributed by atoms with E-state index in [-0.39, 0.29) is 11.8 Å². The molecule has 1 saturated heterocycles. The van der Waals surface area contributed by atoms with Gasteiger partial charge in [-0.3, -0.25) is 14.7 Å². The first-order valence-electron chi connectivity index (χ1n) is 12.1. The number of benzene rings is 2. The first kappa shape index (κ1) is 23.1. The average molecular weight is 473 g/mol. The SMILES string of the molecule is CN1CCN(c2ccc(C(=O)Nc3[nH]nc4c3CN(C(=O)Cc3ccccc3)C4(C)C)cc2)CC1. The molecule has 0 unspecified atom stereocenters. The van der Waals surface area contributed by atoms with Gasteiger partial charge in [0, 0.05) is 43.0 Å². The lowest BCUT2D eigenvalue weighted by Gasteiger charge is -2.34. The molecule has 0 bridgehead atoms. The van der Waals surface area contributed by atoms with Gasteiger partial charge in [-0.1, -0.05) is 30.3 Å². The van der Waals surface area contributed by atoms with Crippen molar-refractivity contribution >= 4 is 23.3 Å². The molecule has 2 aliphatic rings. The number of amides is 2. The van der Waals surface area contributed by atoms with Crippen LogP contribution in [0.3, 0.4) is 0 Å². The zero-order valence-electron chi connectivity index (χ0n) is 20.5. The molecular formula is C27H32N6O2. The third-order valence-electron chi connectivity index (χ3n) is 7.17. The van der Waals surface area contributed by atoms with Crippen LogP contribution in [0, 0.1) is 0 Å². The van der Waals surface area contributed by atoms with Crippen molar-refractivity contribution in [3.8, 4) is 0 Å². The molecule has 3 aromatic rings. The first-order chi connectivity index (χ1) is 16.8. The van der Waals surface area contributed by atoms with E-state index in [4.69, 9.17) is 0 Å². The largest absolute Gasteiger partial charge is 0.369 e. The van der Waals surface area contributed by atoms with Crippen molar-refractivity contribution in [2.75, 3.05) is 43.4 Å². The van der Waals surface area contributed by atoms with E-state index in [1.807, 2.05) is 73.3 Å². The highest BCUT2D eigenvalue weighted by atomic mass is 16.2. The monoisotopic (exact) mass is 472 g/mol. The summed E-state index contributed by atoms with van der Waals surface area (Å²) >= 11 is 0. The zero-order chi connectivity index (χ0) is 24.6. The Balaban J connectivity index is 1.27. The highest BCUT2D eigenvalue weighted by molar-refractivity contribution is 6.04. The molecule has 2 aliphatic heterocycles. The smallest absolute Gasteiger partial charge is 0.256 e. The van der Waals surface area contributed by atoms with Crippen LogP contribution in [-0.2, 0) is 23.3 Å². The Morgan fingerprint density at radius 1 is 1.00 bits per heavy atom. The number of aromatic nitrogens is 2. The van der Waals surface area contributed by atoms with Crippen LogP contribution in [0.15, 0.2) is 54.6 Å². The van der Waals surface area contributed by atoms with E-state index in [1.54, 1.807) is 0 Å². The second-order valence-corrected chi connectivity index (χ2v) is 9.92. The molecule has 3 heterocycles. The quantitative estimate of drug-likeness (QED) is 0.596. The van der Waals surface area contributed by atoms with Crippen LogP contribution >= 0.6 is 0 Å². The van der Waals surface area contributed by atoms with Crippen LogP contribution in [0.4, 0.5) is 11.5 Å². The van der Waals surface area contributed by atoms with Crippen molar-refractivity contribution < 1.29 is 9.59 Å². The molecule has 182 valence electrons. The van der Waals surface area contributed by atoms with Gasteiger partial charge in [-0.25, -0.2) is 0 Å². The van der Waals surface area contributed by atoms with Gasteiger partial charge >= 0.3 is 0 Å². The number of likely N-dealkylation sites (N-methyl/N-ethyl adjacent to an activating group) is 1. The lowest BCUT2D eigenvalue weighted by Crippen LogP contribution is -2.44. The van der Waals surface area contributed by atoms with E-state index in [2.05, 4.69) is 32.4 Å². The number of piperazine rings is 1. The third kappa shape index (κ3) is 4.53. The van der Waals surface area contributed by atoms with Crippen molar-refractivity contribution in [1.29, 1.82) is 0 Å². The molecule has 2 amide bonds. The van der Waals surface area contributed by atoms with Crippen LogP contribution in [0.1, 0.15) is 41.0 Å².